The molecule has 0 amide bonds. The smallest absolute Gasteiger partial charge is 0.436 e. The maximum atomic E-state index is 12.6. The van der Waals surface area contributed by atoms with Gasteiger partial charge >= 0.3 is 17.8 Å². The molecule has 0 aliphatic carbocycles. The number of hydrogen-bond donors (Lipinski definition) is 0. The highest BCUT2D eigenvalue weighted by Crippen LogP contribution is 2.31. The summed E-state index contributed by atoms with van der Waals surface area (Å²) < 4.78 is 46.2. The lowest BCUT2D eigenvalue weighted by molar-refractivity contribution is -0.386. The van der Waals surface area contributed by atoms with Crippen LogP contribution in [0, 0.1) is 10.1 Å². The standard InChI is InChI=1S/C9H6BrF3N2O5/c1-19-8(16)6(9(11,12)13)20-7-4(15(17)18)2-3-5(10)14-7/h2-3,6H,1H3. The summed E-state index contributed by atoms with van der Waals surface area (Å²) in [4.78, 5) is 24.2. The number of aromatic nitrogens is 1. The van der Waals surface area contributed by atoms with Gasteiger partial charge in [0.25, 0.3) is 12.0 Å². The van der Waals surface area contributed by atoms with E-state index in [1.165, 1.54) is 0 Å². The molecule has 0 radical (unpaired) electrons. The highest BCUT2D eigenvalue weighted by molar-refractivity contribution is 9.10. The zero-order valence-electron chi connectivity index (χ0n) is 9.68. The molecule has 1 heterocycles. The second-order valence-corrected chi connectivity index (χ2v) is 4.09. The van der Waals surface area contributed by atoms with Crippen molar-refractivity contribution in [1.29, 1.82) is 0 Å². The van der Waals surface area contributed by atoms with Crippen LogP contribution < -0.4 is 4.74 Å². The molecular weight excluding hydrogens is 353 g/mol. The third-order valence-corrected chi connectivity index (χ3v) is 2.39. The van der Waals surface area contributed by atoms with E-state index < -0.39 is 34.7 Å². The van der Waals surface area contributed by atoms with Gasteiger partial charge in [-0.15, -0.1) is 0 Å². The Morgan fingerprint density at radius 1 is 1.50 bits per heavy atom. The number of nitro groups is 1. The molecule has 110 valence electrons. The zero-order valence-corrected chi connectivity index (χ0v) is 11.3. The number of halogens is 4. The molecule has 1 aromatic heterocycles. The number of carbonyl (C=O) groups excluding carboxylic acids is 1. The number of carbonyl (C=O) groups is 1. The molecule has 20 heavy (non-hydrogen) atoms. The Morgan fingerprint density at radius 2 is 2.10 bits per heavy atom. The number of hydrogen-bond acceptors (Lipinski definition) is 6. The summed E-state index contributed by atoms with van der Waals surface area (Å²) in [5.74, 6) is -2.69. The number of methoxy groups -OCH3 is 1. The highest BCUT2D eigenvalue weighted by atomic mass is 79.9. The summed E-state index contributed by atoms with van der Waals surface area (Å²) in [6.07, 6.45) is -8.11. The summed E-state index contributed by atoms with van der Waals surface area (Å²) in [6.45, 7) is 0. The van der Waals surface area contributed by atoms with Gasteiger partial charge in [0.1, 0.15) is 4.60 Å². The first-order chi connectivity index (χ1) is 9.16. The average molecular weight is 359 g/mol. The van der Waals surface area contributed by atoms with Crippen LogP contribution in [0.4, 0.5) is 18.9 Å². The van der Waals surface area contributed by atoms with Crippen LogP contribution in [0.2, 0.25) is 0 Å². The van der Waals surface area contributed by atoms with E-state index in [-0.39, 0.29) is 4.60 Å². The van der Waals surface area contributed by atoms with Crippen molar-refractivity contribution in [3.63, 3.8) is 0 Å². The molecule has 0 spiro atoms. The van der Waals surface area contributed by atoms with Crippen LogP contribution in [0.3, 0.4) is 0 Å². The van der Waals surface area contributed by atoms with Gasteiger partial charge in [-0.05, 0) is 22.0 Å². The maximum absolute atomic E-state index is 12.6. The Morgan fingerprint density at radius 3 is 2.55 bits per heavy atom. The molecule has 7 nitrogen and oxygen atoms in total. The summed E-state index contributed by atoms with van der Waals surface area (Å²) in [5, 5.41) is 10.7. The topological polar surface area (TPSA) is 91.6 Å². The van der Waals surface area contributed by atoms with Crippen LogP contribution in [0.15, 0.2) is 16.7 Å². The lowest BCUT2D eigenvalue weighted by Gasteiger charge is -2.18. The van der Waals surface area contributed by atoms with E-state index in [0.717, 1.165) is 19.2 Å². The van der Waals surface area contributed by atoms with E-state index >= 15 is 0 Å². The Labute approximate surface area is 118 Å². The summed E-state index contributed by atoms with van der Waals surface area (Å²) in [7, 11) is 0.729. The van der Waals surface area contributed by atoms with E-state index in [1.807, 2.05) is 0 Å². The molecular formula is C9H6BrF3N2O5. The minimum atomic E-state index is -5.11. The molecule has 1 unspecified atom stereocenters. The van der Waals surface area contributed by atoms with Gasteiger partial charge in [-0.2, -0.15) is 13.2 Å². The van der Waals surface area contributed by atoms with E-state index in [2.05, 4.69) is 30.4 Å². The lowest BCUT2D eigenvalue weighted by atomic mass is 10.3. The second kappa shape index (κ2) is 6.03. The van der Waals surface area contributed by atoms with Crippen LogP contribution in [-0.4, -0.2) is 35.3 Å². The molecule has 0 N–H and O–H groups in total. The molecule has 1 atom stereocenters. The molecule has 0 saturated heterocycles. The van der Waals surface area contributed by atoms with Gasteiger partial charge in [-0.3, -0.25) is 10.1 Å². The van der Waals surface area contributed by atoms with Crippen LogP contribution in [0.1, 0.15) is 0 Å². The summed E-state index contributed by atoms with van der Waals surface area (Å²) in [6, 6.07) is 2.03. The number of ether oxygens (including phenoxy) is 2. The monoisotopic (exact) mass is 358 g/mol. The van der Waals surface area contributed by atoms with Gasteiger partial charge < -0.3 is 9.47 Å². The largest absolute Gasteiger partial charge is 0.466 e. The minimum absolute atomic E-state index is 0.00360. The molecule has 0 fully saturated rings. The van der Waals surface area contributed by atoms with Gasteiger partial charge in [0.2, 0.25) is 0 Å². The van der Waals surface area contributed by atoms with Crippen LogP contribution in [0.5, 0.6) is 5.88 Å². The Hall–Kier alpha value is -1.91. The van der Waals surface area contributed by atoms with Crippen molar-refractivity contribution in [3.05, 3.63) is 26.9 Å². The first kappa shape index (κ1) is 16.1. The van der Waals surface area contributed by atoms with Gasteiger partial charge in [0.05, 0.1) is 12.0 Å². The quantitative estimate of drug-likeness (QED) is 0.354. The Bertz CT molecular complexity index is 537. The summed E-state index contributed by atoms with van der Waals surface area (Å²) in [5.41, 5.74) is -0.814. The molecule has 0 saturated carbocycles. The zero-order chi connectivity index (χ0) is 15.5. The van der Waals surface area contributed by atoms with Gasteiger partial charge in [-0.1, -0.05) is 0 Å². The number of alkyl halides is 3. The molecule has 0 bridgehead atoms. The number of nitrogens with zero attached hydrogens (tertiary/aromatic N) is 2. The molecule has 11 heteroatoms. The van der Waals surface area contributed by atoms with Crippen molar-refractivity contribution in [2.75, 3.05) is 7.11 Å². The van der Waals surface area contributed by atoms with Crippen LogP contribution >= 0.6 is 15.9 Å². The van der Waals surface area contributed by atoms with Gasteiger partial charge in [0, 0.05) is 6.07 Å². The molecule has 0 aromatic carbocycles. The predicted octanol–water partition coefficient (Wildman–Crippen LogP) is 2.23. The highest BCUT2D eigenvalue weighted by Gasteiger charge is 2.49. The fourth-order valence-electron chi connectivity index (χ4n) is 1.10. The van der Waals surface area contributed by atoms with E-state index in [4.69, 9.17) is 0 Å². The number of rotatable bonds is 4. The third-order valence-electron chi connectivity index (χ3n) is 1.94. The van der Waals surface area contributed by atoms with Gasteiger partial charge in [0.15, 0.2) is 0 Å². The van der Waals surface area contributed by atoms with Gasteiger partial charge in [-0.25, -0.2) is 9.78 Å². The normalized spacial score (nSPS) is 12.7. The van der Waals surface area contributed by atoms with Crippen molar-refractivity contribution in [2.24, 2.45) is 0 Å². The van der Waals surface area contributed by atoms with Crippen molar-refractivity contribution >= 4 is 27.6 Å². The van der Waals surface area contributed by atoms with Crippen LogP contribution in [-0.2, 0) is 9.53 Å². The van der Waals surface area contributed by atoms with Crippen LogP contribution in [0.25, 0.3) is 0 Å². The SMILES string of the molecule is COC(=O)C(Oc1nc(Br)ccc1[N+](=O)[O-])C(F)(F)F. The second-order valence-electron chi connectivity index (χ2n) is 3.28. The predicted molar refractivity (Wildman–Crippen MR) is 61.1 cm³/mol. The fraction of sp³-hybridized carbons (Fsp3) is 0.333. The van der Waals surface area contributed by atoms with Crippen molar-refractivity contribution in [1.82, 2.24) is 4.98 Å². The Balaban J connectivity index is 3.20. The first-order valence-corrected chi connectivity index (χ1v) is 5.58. The van der Waals surface area contributed by atoms with Crippen molar-refractivity contribution in [3.8, 4) is 5.88 Å². The molecule has 0 aliphatic rings. The molecule has 1 rings (SSSR count). The maximum Gasteiger partial charge on any atom is 0.436 e. The number of esters is 1. The minimum Gasteiger partial charge on any atom is -0.466 e. The first-order valence-electron chi connectivity index (χ1n) is 4.79. The Kier molecular flexibility index (Phi) is 4.87. The molecule has 0 aliphatic heterocycles. The van der Waals surface area contributed by atoms with E-state index in [0.29, 0.717) is 0 Å². The van der Waals surface area contributed by atoms with E-state index in [9.17, 15) is 28.1 Å². The van der Waals surface area contributed by atoms with Crippen molar-refractivity contribution < 1.29 is 32.4 Å². The average Bonchev–Trinajstić information content (AvgIpc) is 2.33. The fourth-order valence-corrected chi connectivity index (χ4v) is 1.40. The number of pyridine rings is 1. The molecule has 1 aromatic rings. The van der Waals surface area contributed by atoms with Crippen molar-refractivity contribution in [2.45, 2.75) is 12.3 Å². The summed E-state index contributed by atoms with van der Waals surface area (Å²) >= 11 is 2.83. The third kappa shape index (κ3) is 3.79. The van der Waals surface area contributed by atoms with E-state index in [1.54, 1.807) is 0 Å². The lowest BCUT2D eigenvalue weighted by Crippen LogP contribution is -2.42.